The molecule has 1 aliphatic carbocycles. The summed E-state index contributed by atoms with van der Waals surface area (Å²) in [6.07, 6.45) is -2.66. The molecule has 5 heteroatoms. The molecule has 1 fully saturated rings. The second-order valence-corrected chi connectivity index (χ2v) is 3.84. The fourth-order valence-electron chi connectivity index (χ4n) is 1.52. The lowest BCUT2D eigenvalue weighted by molar-refractivity contribution is -0.160. The standard InChI is InChI=1S/C9H7ClF3N/c10-7-2-1-6(5-14-7)8(3-4-8)9(11,12)13/h1-2,5H,3-4H2. The van der Waals surface area contributed by atoms with E-state index in [2.05, 4.69) is 4.98 Å². The van der Waals surface area contributed by atoms with Crippen molar-refractivity contribution in [2.75, 3.05) is 0 Å². The molecule has 0 atom stereocenters. The molecule has 1 saturated carbocycles. The van der Waals surface area contributed by atoms with Crippen molar-refractivity contribution >= 4 is 11.6 Å². The van der Waals surface area contributed by atoms with Gasteiger partial charge in [0.15, 0.2) is 0 Å². The highest BCUT2D eigenvalue weighted by molar-refractivity contribution is 6.29. The Kier molecular flexibility index (Phi) is 2.00. The van der Waals surface area contributed by atoms with E-state index < -0.39 is 11.6 Å². The molecule has 0 bridgehead atoms. The first-order valence-corrected chi connectivity index (χ1v) is 4.52. The van der Waals surface area contributed by atoms with Crippen LogP contribution < -0.4 is 0 Å². The fourth-order valence-corrected chi connectivity index (χ4v) is 1.63. The predicted molar refractivity (Wildman–Crippen MR) is 46.2 cm³/mol. The zero-order chi connectivity index (χ0) is 10.4. The summed E-state index contributed by atoms with van der Waals surface area (Å²) in [6.45, 7) is 0. The largest absolute Gasteiger partial charge is 0.398 e. The van der Waals surface area contributed by atoms with Crippen LogP contribution in [0, 0.1) is 0 Å². The summed E-state index contributed by atoms with van der Waals surface area (Å²) in [5.74, 6) is 0. The molecule has 0 spiro atoms. The maximum atomic E-state index is 12.6. The number of halogens is 4. The molecule has 2 rings (SSSR count). The average molecular weight is 222 g/mol. The number of alkyl halides is 3. The Bertz CT molecular complexity index is 340. The molecule has 0 amide bonds. The first-order chi connectivity index (χ1) is 6.46. The van der Waals surface area contributed by atoms with Gasteiger partial charge in [0.25, 0.3) is 0 Å². The summed E-state index contributed by atoms with van der Waals surface area (Å²) in [4.78, 5) is 3.66. The summed E-state index contributed by atoms with van der Waals surface area (Å²) in [5, 5.41) is 0.215. The maximum Gasteiger partial charge on any atom is 0.398 e. The zero-order valence-electron chi connectivity index (χ0n) is 7.11. The van der Waals surface area contributed by atoms with E-state index in [1.54, 1.807) is 0 Å². The Morgan fingerprint density at radius 1 is 1.29 bits per heavy atom. The first kappa shape index (κ1) is 9.77. The van der Waals surface area contributed by atoms with Gasteiger partial charge in [-0.2, -0.15) is 13.2 Å². The van der Waals surface area contributed by atoms with Gasteiger partial charge in [0.1, 0.15) is 5.15 Å². The third-order valence-electron chi connectivity index (χ3n) is 2.57. The molecule has 1 nitrogen and oxygen atoms in total. The van der Waals surface area contributed by atoms with Gasteiger partial charge in [0, 0.05) is 6.20 Å². The topological polar surface area (TPSA) is 12.9 Å². The van der Waals surface area contributed by atoms with Gasteiger partial charge >= 0.3 is 6.18 Å². The highest BCUT2D eigenvalue weighted by Gasteiger charge is 2.64. The van der Waals surface area contributed by atoms with Gasteiger partial charge in [-0.1, -0.05) is 17.7 Å². The lowest BCUT2D eigenvalue weighted by atomic mass is 9.97. The van der Waals surface area contributed by atoms with Gasteiger partial charge in [0.2, 0.25) is 0 Å². The first-order valence-electron chi connectivity index (χ1n) is 4.14. The van der Waals surface area contributed by atoms with Crippen LogP contribution in [0.1, 0.15) is 18.4 Å². The van der Waals surface area contributed by atoms with Crippen molar-refractivity contribution in [3.8, 4) is 0 Å². The molecule has 0 aliphatic heterocycles. The fraction of sp³-hybridized carbons (Fsp3) is 0.444. The van der Waals surface area contributed by atoms with Gasteiger partial charge < -0.3 is 0 Å². The molecular formula is C9H7ClF3N. The lowest BCUT2D eigenvalue weighted by Crippen LogP contribution is -2.28. The molecule has 1 aromatic heterocycles. The summed E-state index contributed by atoms with van der Waals surface area (Å²) in [6, 6.07) is 2.79. The quantitative estimate of drug-likeness (QED) is 0.663. The highest BCUT2D eigenvalue weighted by atomic mass is 35.5. The molecule has 0 radical (unpaired) electrons. The van der Waals surface area contributed by atoms with Gasteiger partial charge in [0.05, 0.1) is 5.41 Å². The second kappa shape index (κ2) is 2.86. The Morgan fingerprint density at radius 3 is 2.29 bits per heavy atom. The van der Waals surface area contributed by atoms with Gasteiger partial charge in [-0.15, -0.1) is 0 Å². The van der Waals surface area contributed by atoms with Crippen LogP contribution in [0.4, 0.5) is 13.2 Å². The summed E-state index contributed by atoms with van der Waals surface area (Å²) in [7, 11) is 0. The molecule has 0 unspecified atom stereocenters. The number of aromatic nitrogens is 1. The van der Waals surface area contributed by atoms with Crippen LogP contribution in [-0.2, 0) is 5.41 Å². The van der Waals surface area contributed by atoms with Crippen molar-refractivity contribution in [3.05, 3.63) is 29.0 Å². The molecule has 0 saturated heterocycles. The lowest BCUT2D eigenvalue weighted by Gasteiger charge is -2.18. The van der Waals surface area contributed by atoms with Crippen LogP contribution in [0.3, 0.4) is 0 Å². The van der Waals surface area contributed by atoms with Crippen LogP contribution in [0.15, 0.2) is 18.3 Å². The minimum Gasteiger partial charge on any atom is -0.244 e. The zero-order valence-corrected chi connectivity index (χ0v) is 7.86. The van der Waals surface area contributed by atoms with E-state index in [-0.39, 0.29) is 23.6 Å². The number of nitrogens with zero attached hydrogens (tertiary/aromatic N) is 1. The second-order valence-electron chi connectivity index (χ2n) is 3.45. The third-order valence-corrected chi connectivity index (χ3v) is 2.80. The van der Waals surface area contributed by atoms with Gasteiger partial charge in [-0.25, -0.2) is 4.98 Å². The number of hydrogen-bond acceptors (Lipinski definition) is 1. The molecule has 76 valence electrons. The van der Waals surface area contributed by atoms with E-state index in [1.807, 2.05) is 0 Å². The van der Waals surface area contributed by atoms with E-state index in [4.69, 9.17) is 11.6 Å². The number of pyridine rings is 1. The molecule has 14 heavy (non-hydrogen) atoms. The third kappa shape index (κ3) is 1.38. The summed E-state index contributed by atoms with van der Waals surface area (Å²) >= 11 is 5.50. The molecule has 1 heterocycles. The van der Waals surface area contributed by atoms with Crippen molar-refractivity contribution < 1.29 is 13.2 Å². The minimum atomic E-state index is -4.18. The van der Waals surface area contributed by atoms with Crippen molar-refractivity contribution in [2.45, 2.75) is 24.4 Å². The Balaban J connectivity index is 2.36. The number of hydrogen-bond donors (Lipinski definition) is 0. The van der Waals surface area contributed by atoms with E-state index in [1.165, 1.54) is 18.3 Å². The van der Waals surface area contributed by atoms with E-state index in [0.29, 0.717) is 0 Å². The van der Waals surface area contributed by atoms with E-state index >= 15 is 0 Å². The maximum absolute atomic E-state index is 12.6. The Morgan fingerprint density at radius 2 is 1.93 bits per heavy atom. The molecule has 1 aromatic rings. The molecule has 0 N–H and O–H groups in total. The molecular weight excluding hydrogens is 215 g/mol. The SMILES string of the molecule is FC(F)(F)C1(c2ccc(Cl)nc2)CC1. The smallest absolute Gasteiger partial charge is 0.244 e. The van der Waals surface area contributed by atoms with Gasteiger partial charge in [-0.3, -0.25) is 0 Å². The van der Waals surface area contributed by atoms with Crippen LogP contribution in [0.25, 0.3) is 0 Å². The van der Waals surface area contributed by atoms with Crippen LogP contribution in [0.2, 0.25) is 5.15 Å². The van der Waals surface area contributed by atoms with Gasteiger partial charge in [-0.05, 0) is 24.5 Å². The highest BCUT2D eigenvalue weighted by Crippen LogP contribution is 2.58. The van der Waals surface area contributed by atoms with Crippen LogP contribution in [0.5, 0.6) is 0 Å². The van der Waals surface area contributed by atoms with E-state index in [9.17, 15) is 13.2 Å². The van der Waals surface area contributed by atoms with Crippen LogP contribution in [-0.4, -0.2) is 11.2 Å². The van der Waals surface area contributed by atoms with E-state index in [0.717, 1.165) is 0 Å². The Labute approximate surface area is 83.9 Å². The summed E-state index contributed by atoms with van der Waals surface area (Å²) in [5.41, 5.74) is -1.43. The van der Waals surface area contributed by atoms with Crippen molar-refractivity contribution in [1.82, 2.24) is 4.98 Å². The normalized spacial score (nSPS) is 19.4. The van der Waals surface area contributed by atoms with Crippen molar-refractivity contribution in [1.29, 1.82) is 0 Å². The van der Waals surface area contributed by atoms with Crippen molar-refractivity contribution in [3.63, 3.8) is 0 Å². The molecule has 1 aliphatic rings. The Hall–Kier alpha value is -0.770. The monoisotopic (exact) mass is 221 g/mol. The summed E-state index contributed by atoms with van der Waals surface area (Å²) < 4.78 is 37.9. The van der Waals surface area contributed by atoms with Crippen molar-refractivity contribution in [2.24, 2.45) is 0 Å². The minimum absolute atomic E-state index is 0.153. The molecule has 0 aromatic carbocycles. The predicted octanol–water partition coefficient (Wildman–Crippen LogP) is 3.33. The van der Waals surface area contributed by atoms with Crippen LogP contribution >= 0.6 is 11.6 Å². The number of rotatable bonds is 1. The average Bonchev–Trinajstić information content (AvgIpc) is 2.84.